The van der Waals surface area contributed by atoms with E-state index in [1.165, 1.54) is 0 Å². The number of nitrogens with zero attached hydrogens (tertiary/aromatic N) is 1. The summed E-state index contributed by atoms with van der Waals surface area (Å²) in [5.74, 6) is 0.824. The fourth-order valence-electron chi connectivity index (χ4n) is 1.80. The van der Waals surface area contributed by atoms with Gasteiger partial charge in [0.25, 0.3) is 0 Å². The van der Waals surface area contributed by atoms with Gasteiger partial charge in [0.1, 0.15) is 0 Å². The van der Waals surface area contributed by atoms with Crippen molar-refractivity contribution in [3.63, 3.8) is 0 Å². The Morgan fingerprint density at radius 1 is 1.67 bits per heavy atom. The fourth-order valence-corrected chi connectivity index (χ4v) is 1.80. The van der Waals surface area contributed by atoms with Crippen LogP contribution in [0.2, 0.25) is 0 Å². The molecule has 1 fully saturated rings. The van der Waals surface area contributed by atoms with E-state index >= 15 is 0 Å². The SMILES string of the molecule is Cc1cc(NC(=O)[C@@H]2CNC[C@H]2C)on1. The van der Waals surface area contributed by atoms with Crippen LogP contribution in [-0.2, 0) is 4.79 Å². The van der Waals surface area contributed by atoms with Gasteiger partial charge in [-0.1, -0.05) is 12.1 Å². The fraction of sp³-hybridized carbons (Fsp3) is 0.600. The first-order valence-corrected chi connectivity index (χ1v) is 5.11. The standard InChI is InChI=1S/C10H15N3O2/c1-6-4-11-5-8(6)10(14)12-9-3-7(2)13-15-9/h3,6,8,11H,4-5H2,1-2H3,(H,12,14)/t6-,8-/m1/s1. The van der Waals surface area contributed by atoms with Crippen molar-refractivity contribution in [3.8, 4) is 0 Å². The van der Waals surface area contributed by atoms with Gasteiger partial charge < -0.3 is 9.84 Å². The molecule has 1 aliphatic rings. The summed E-state index contributed by atoms with van der Waals surface area (Å²) >= 11 is 0. The Bertz CT molecular complexity index is 361. The topological polar surface area (TPSA) is 67.2 Å². The second kappa shape index (κ2) is 4.02. The third-order valence-electron chi connectivity index (χ3n) is 2.73. The highest BCUT2D eigenvalue weighted by Gasteiger charge is 2.29. The van der Waals surface area contributed by atoms with Crippen molar-refractivity contribution < 1.29 is 9.32 Å². The van der Waals surface area contributed by atoms with Crippen LogP contribution in [0.15, 0.2) is 10.6 Å². The number of carbonyl (C=O) groups excluding carboxylic acids is 1. The van der Waals surface area contributed by atoms with E-state index in [0.717, 1.165) is 18.8 Å². The summed E-state index contributed by atoms with van der Waals surface area (Å²) < 4.78 is 4.93. The Kier molecular flexibility index (Phi) is 2.73. The smallest absolute Gasteiger partial charge is 0.231 e. The molecule has 0 radical (unpaired) electrons. The third-order valence-corrected chi connectivity index (χ3v) is 2.73. The molecule has 2 N–H and O–H groups in total. The molecule has 15 heavy (non-hydrogen) atoms. The average molecular weight is 209 g/mol. The lowest BCUT2D eigenvalue weighted by Gasteiger charge is -2.11. The van der Waals surface area contributed by atoms with Crippen LogP contribution in [0.5, 0.6) is 0 Å². The van der Waals surface area contributed by atoms with Gasteiger partial charge in [0.2, 0.25) is 11.8 Å². The minimum atomic E-state index is 0.00338. The lowest BCUT2D eigenvalue weighted by Crippen LogP contribution is -2.27. The highest BCUT2D eigenvalue weighted by atomic mass is 16.5. The maximum atomic E-state index is 11.8. The third kappa shape index (κ3) is 2.18. The Labute approximate surface area is 88.2 Å². The number of nitrogens with one attached hydrogen (secondary N) is 2. The zero-order valence-electron chi connectivity index (χ0n) is 8.91. The lowest BCUT2D eigenvalue weighted by molar-refractivity contribution is -0.120. The summed E-state index contributed by atoms with van der Waals surface area (Å²) in [4.78, 5) is 11.8. The number of rotatable bonds is 2. The minimum Gasteiger partial charge on any atom is -0.338 e. The number of hydrogen-bond donors (Lipinski definition) is 2. The molecule has 82 valence electrons. The van der Waals surface area contributed by atoms with Crippen LogP contribution in [0.3, 0.4) is 0 Å². The molecule has 1 aromatic heterocycles. The summed E-state index contributed by atoms with van der Waals surface area (Å²) in [6.45, 7) is 5.52. The first kappa shape index (κ1) is 10.2. The van der Waals surface area contributed by atoms with Gasteiger partial charge >= 0.3 is 0 Å². The van der Waals surface area contributed by atoms with Crippen molar-refractivity contribution >= 4 is 11.8 Å². The maximum Gasteiger partial charge on any atom is 0.231 e. The molecule has 1 amide bonds. The molecule has 2 rings (SSSR count). The van der Waals surface area contributed by atoms with E-state index in [-0.39, 0.29) is 11.8 Å². The van der Waals surface area contributed by atoms with Crippen molar-refractivity contribution in [1.82, 2.24) is 10.5 Å². The minimum absolute atomic E-state index is 0.00338. The van der Waals surface area contributed by atoms with Crippen LogP contribution in [0.25, 0.3) is 0 Å². The molecule has 0 spiro atoms. The van der Waals surface area contributed by atoms with Crippen LogP contribution in [-0.4, -0.2) is 24.2 Å². The lowest BCUT2D eigenvalue weighted by atomic mass is 9.97. The van der Waals surface area contributed by atoms with Crippen LogP contribution >= 0.6 is 0 Å². The Morgan fingerprint density at radius 2 is 2.47 bits per heavy atom. The largest absolute Gasteiger partial charge is 0.338 e. The zero-order chi connectivity index (χ0) is 10.8. The van der Waals surface area contributed by atoms with E-state index in [4.69, 9.17) is 4.52 Å². The van der Waals surface area contributed by atoms with E-state index in [1.807, 2.05) is 6.92 Å². The zero-order valence-corrected chi connectivity index (χ0v) is 8.91. The summed E-state index contributed by atoms with van der Waals surface area (Å²) in [6.07, 6.45) is 0. The second-order valence-electron chi connectivity index (χ2n) is 4.06. The molecule has 1 saturated heterocycles. The quantitative estimate of drug-likeness (QED) is 0.755. The number of aromatic nitrogens is 1. The van der Waals surface area contributed by atoms with Crippen molar-refractivity contribution in [2.45, 2.75) is 13.8 Å². The van der Waals surface area contributed by atoms with Crippen LogP contribution < -0.4 is 10.6 Å². The van der Waals surface area contributed by atoms with Crippen LogP contribution in [0, 0.1) is 18.8 Å². The molecular formula is C10H15N3O2. The summed E-state index contributed by atoms with van der Waals surface area (Å²) in [5, 5.41) is 9.62. The van der Waals surface area contributed by atoms with Gasteiger partial charge in [-0.2, -0.15) is 0 Å². The van der Waals surface area contributed by atoms with E-state index in [9.17, 15) is 4.79 Å². The Hall–Kier alpha value is -1.36. The molecule has 2 atom stereocenters. The van der Waals surface area contributed by atoms with Gasteiger partial charge in [0, 0.05) is 12.6 Å². The predicted octanol–water partition coefficient (Wildman–Crippen LogP) is 0.777. The van der Waals surface area contributed by atoms with Gasteiger partial charge in [-0.3, -0.25) is 10.1 Å². The molecule has 0 unspecified atom stereocenters. The van der Waals surface area contributed by atoms with Gasteiger partial charge in [0.15, 0.2) is 0 Å². The molecule has 5 nitrogen and oxygen atoms in total. The molecule has 5 heteroatoms. The van der Waals surface area contributed by atoms with E-state index < -0.39 is 0 Å². The molecule has 1 aromatic rings. The predicted molar refractivity (Wildman–Crippen MR) is 55.4 cm³/mol. The Morgan fingerprint density at radius 3 is 3.00 bits per heavy atom. The number of aryl methyl sites for hydroxylation is 1. The average Bonchev–Trinajstić information content (AvgIpc) is 2.75. The molecule has 0 saturated carbocycles. The molecular weight excluding hydrogens is 194 g/mol. The number of anilines is 1. The number of amides is 1. The maximum absolute atomic E-state index is 11.8. The van der Waals surface area contributed by atoms with Gasteiger partial charge in [-0.15, -0.1) is 0 Å². The first-order valence-electron chi connectivity index (χ1n) is 5.11. The number of carbonyl (C=O) groups is 1. The van der Waals surface area contributed by atoms with E-state index in [2.05, 4.69) is 22.7 Å². The van der Waals surface area contributed by atoms with Crippen molar-refractivity contribution in [3.05, 3.63) is 11.8 Å². The van der Waals surface area contributed by atoms with Crippen molar-refractivity contribution in [2.75, 3.05) is 18.4 Å². The summed E-state index contributed by atoms with van der Waals surface area (Å²) in [7, 11) is 0. The highest BCUT2D eigenvalue weighted by Crippen LogP contribution is 2.18. The first-order chi connectivity index (χ1) is 7.16. The molecule has 0 aliphatic carbocycles. The Balaban J connectivity index is 1.97. The molecule has 2 heterocycles. The highest BCUT2D eigenvalue weighted by molar-refractivity contribution is 5.91. The van der Waals surface area contributed by atoms with Crippen molar-refractivity contribution in [1.29, 1.82) is 0 Å². The summed E-state index contributed by atoms with van der Waals surface area (Å²) in [6, 6.07) is 1.71. The van der Waals surface area contributed by atoms with Crippen LogP contribution in [0.1, 0.15) is 12.6 Å². The van der Waals surface area contributed by atoms with Gasteiger partial charge in [0.05, 0.1) is 11.6 Å². The normalized spacial score (nSPS) is 25.5. The molecule has 0 bridgehead atoms. The van der Waals surface area contributed by atoms with E-state index in [0.29, 0.717) is 11.8 Å². The number of hydrogen-bond acceptors (Lipinski definition) is 4. The second-order valence-corrected chi connectivity index (χ2v) is 4.06. The van der Waals surface area contributed by atoms with Crippen LogP contribution in [0.4, 0.5) is 5.88 Å². The van der Waals surface area contributed by atoms with Gasteiger partial charge in [-0.05, 0) is 19.4 Å². The monoisotopic (exact) mass is 209 g/mol. The van der Waals surface area contributed by atoms with Gasteiger partial charge in [-0.25, -0.2) is 0 Å². The molecule has 0 aromatic carbocycles. The van der Waals surface area contributed by atoms with E-state index in [1.54, 1.807) is 6.07 Å². The van der Waals surface area contributed by atoms with Crippen molar-refractivity contribution in [2.24, 2.45) is 11.8 Å². The summed E-state index contributed by atoms with van der Waals surface area (Å²) in [5.41, 5.74) is 0.767. The molecule has 1 aliphatic heterocycles.